The number of hydrogen-bond acceptors (Lipinski definition) is 3. The Kier molecular flexibility index (Phi) is 7.16. The first-order chi connectivity index (χ1) is 9.65. The number of hydrogen-bond donors (Lipinski definition) is 1. The average molecular weight is 422 g/mol. The van der Waals surface area contributed by atoms with Crippen molar-refractivity contribution in [1.82, 2.24) is 0 Å². The third-order valence-electron chi connectivity index (χ3n) is 4.04. The summed E-state index contributed by atoms with van der Waals surface area (Å²) in [7, 11) is -1.77. The van der Waals surface area contributed by atoms with Crippen LogP contribution in [0, 0.1) is 9.49 Å². The standard InChI is InChI=1S/C16H27IO3Si/c1-16(2,3)21(4,5)20-12-13(10-18)11-19-15-8-6-14(17)7-9-15/h6-9,13,18H,10-12H2,1-5H3/t13-/m0/s1. The molecule has 0 aliphatic rings. The van der Waals surface area contributed by atoms with Crippen molar-refractivity contribution in [2.24, 2.45) is 5.92 Å². The van der Waals surface area contributed by atoms with Gasteiger partial charge in [0, 0.05) is 16.1 Å². The van der Waals surface area contributed by atoms with Crippen LogP contribution in [0.4, 0.5) is 0 Å². The summed E-state index contributed by atoms with van der Waals surface area (Å²) >= 11 is 2.26. The predicted molar refractivity (Wildman–Crippen MR) is 98.4 cm³/mol. The van der Waals surface area contributed by atoms with Crippen LogP contribution in [0.3, 0.4) is 0 Å². The van der Waals surface area contributed by atoms with Crippen molar-refractivity contribution < 1.29 is 14.3 Å². The van der Waals surface area contributed by atoms with Crippen molar-refractivity contribution in [3.63, 3.8) is 0 Å². The van der Waals surface area contributed by atoms with Gasteiger partial charge in [0.2, 0.25) is 0 Å². The van der Waals surface area contributed by atoms with Crippen molar-refractivity contribution >= 4 is 30.9 Å². The molecule has 0 unspecified atom stereocenters. The summed E-state index contributed by atoms with van der Waals surface area (Å²) in [4.78, 5) is 0. The summed E-state index contributed by atoms with van der Waals surface area (Å²) in [5.74, 6) is 0.847. The van der Waals surface area contributed by atoms with Gasteiger partial charge in [0.15, 0.2) is 8.32 Å². The lowest BCUT2D eigenvalue weighted by Gasteiger charge is -2.37. The minimum absolute atomic E-state index is 0.0124. The Balaban J connectivity index is 2.47. The molecular formula is C16H27IO3Si. The molecule has 0 radical (unpaired) electrons. The van der Waals surface area contributed by atoms with E-state index >= 15 is 0 Å². The zero-order valence-electron chi connectivity index (χ0n) is 13.6. The van der Waals surface area contributed by atoms with E-state index < -0.39 is 8.32 Å². The Labute approximate surface area is 143 Å². The summed E-state index contributed by atoms with van der Waals surface area (Å²) in [6.45, 7) is 12.2. The van der Waals surface area contributed by atoms with Crippen molar-refractivity contribution in [3.05, 3.63) is 27.8 Å². The Morgan fingerprint density at radius 2 is 1.71 bits per heavy atom. The highest BCUT2D eigenvalue weighted by Gasteiger charge is 2.37. The first-order valence-electron chi connectivity index (χ1n) is 7.29. The maximum atomic E-state index is 9.50. The SMILES string of the molecule is CC(C)(C)[Si](C)(C)OC[C@@H](CO)COc1ccc(I)cc1. The molecular weight excluding hydrogens is 395 g/mol. The quantitative estimate of drug-likeness (QED) is 0.526. The molecule has 1 rings (SSSR count). The maximum absolute atomic E-state index is 9.50. The molecule has 0 aliphatic heterocycles. The fourth-order valence-corrected chi connectivity index (χ4v) is 2.89. The number of ether oxygens (including phenoxy) is 1. The molecule has 21 heavy (non-hydrogen) atoms. The van der Waals surface area contributed by atoms with E-state index in [1.807, 2.05) is 24.3 Å². The predicted octanol–water partition coefficient (Wildman–Crippen LogP) is 4.30. The van der Waals surface area contributed by atoms with Crippen molar-refractivity contribution in [2.45, 2.75) is 38.9 Å². The Morgan fingerprint density at radius 3 is 2.19 bits per heavy atom. The number of aliphatic hydroxyl groups excluding tert-OH is 1. The highest BCUT2D eigenvalue weighted by molar-refractivity contribution is 14.1. The molecule has 0 fully saturated rings. The molecule has 0 spiro atoms. The lowest BCUT2D eigenvalue weighted by molar-refractivity contribution is 0.110. The lowest BCUT2D eigenvalue weighted by atomic mass is 10.2. The number of halogens is 1. The molecule has 1 atom stereocenters. The van der Waals surface area contributed by atoms with Gasteiger partial charge in [-0.2, -0.15) is 0 Å². The molecule has 0 amide bonds. The smallest absolute Gasteiger partial charge is 0.191 e. The second-order valence-electron chi connectivity index (χ2n) is 6.88. The minimum atomic E-state index is -1.77. The molecule has 0 aromatic heterocycles. The van der Waals surface area contributed by atoms with Gasteiger partial charge in [0.05, 0.1) is 13.2 Å². The van der Waals surface area contributed by atoms with E-state index in [9.17, 15) is 5.11 Å². The molecule has 1 N–H and O–H groups in total. The van der Waals surface area contributed by atoms with Gasteiger partial charge in [-0.05, 0) is 65.0 Å². The normalized spacial score (nSPS) is 14.0. The van der Waals surface area contributed by atoms with Crippen LogP contribution < -0.4 is 4.74 Å². The van der Waals surface area contributed by atoms with E-state index in [2.05, 4.69) is 56.5 Å². The Hall–Kier alpha value is -0.113. The van der Waals surface area contributed by atoms with Crippen molar-refractivity contribution in [2.75, 3.05) is 19.8 Å². The van der Waals surface area contributed by atoms with Crippen LogP contribution >= 0.6 is 22.6 Å². The summed E-state index contributed by atoms with van der Waals surface area (Å²) in [5.41, 5.74) is 0. The second kappa shape index (κ2) is 7.94. The molecule has 0 saturated carbocycles. The van der Waals surface area contributed by atoms with E-state index in [1.54, 1.807) is 0 Å². The molecule has 3 nitrogen and oxygen atoms in total. The van der Waals surface area contributed by atoms with Gasteiger partial charge in [-0.1, -0.05) is 20.8 Å². The largest absolute Gasteiger partial charge is 0.493 e. The van der Waals surface area contributed by atoms with E-state index in [1.165, 1.54) is 3.57 Å². The molecule has 0 heterocycles. The zero-order chi connectivity index (χ0) is 16.1. The van der Waals surface area contributed by atoms with Crippen LogP contribution in [-0.2, 0) is 4.43 Å². The first kappa shape index (κ1) is 18.9. The first-order valence-corrected chi connectivity index (χ1v) is 11.3. The highest BCUT2D eigenvalue weighted by Crippen LogP contribution is 2.36. The molecule has 1 aromatic rings. The molecule has 1 aromatic carbocycles. The van der Waals surface area contributed by atoms with Crippen molar-refractivity contribution in [1.29, 1.82) is 0 Å². The van der Waals surface area contributed by atoms with Gasteiger partial charge in [-0.15, -0.1) is 0 Å². The number of aliphatic hydroxyl groups is 1. The molecule has 0 bridgehead atoms. The van der Waals surface area contributed by atoms with E-state index in [4.69, 9.17) is 9.16 Å². The number of rotatable bonds is 7. The van der Waals surface area contributed by atoms with Crippen LogP contribution in [0.15, 0.2) is 24.3 Å². The van der Waals surface area contributed by atoms with Crippen molar-refractivity contribution in [3.8, 4) is 5.75 Å². The van der Waals surface area contributed by atoms with Crippen LogP contribution in [0.2, 0.25) is 18.1 Å². The van der Waals surface area contributed by atoms with Crippen LogP contribution in [0.25, 0.3) is 0 Å². The van der Waals surface area contributed by atoms with Crippen LogP contribution in [0.1, 0.15) is 20.8 Å². The minimum Gasteiger partial charge on any atom is -0.493 e. The van der Waals surface area contributed by atoms with Gasteiger partial charge in [-0.25, -0.2) is 0 Å². The zero-order valence-corrected chi connectivity index (χ0v) is 16.8. The van der Waals surface area contributed by atoms with E-state index in [-0.39, 0.29) is 17.6 Å². The van der Waals surface area contributed by atoms with E-state index in [0.717, 1.165) is 5.75 Å². The molecule has 5 heteroatoms. The topological polar surface area (TPSA) is 38.7 Å². The fourth-order valence-electron chi connectivity index (χ4n) is 1.44. The molecule has 0 saturated heterocycles. The second-order valence-corrected chi connectivity index (χ2v) is 12.9. The van der Waals surface area contributed by atoms with Gasteiger partial charge >= 0.3 is 0 Å². The summed E-state index contributed by atoms with van der Waals surface area (Å²) < 4.78 is 13.1. The highest BCUT2D eigenvalue weighted by atomic mass is 127. The van der Waals surface area contributed by atoms with Gasteiger partial charge in [0.1, 0.15) is 5.75 Å². The summed E-state index contributed by atoms with van der Waals surface area (Å²) in [6, 6.07) is 7.92. The monoisotopic (exact) mass is 422 g/mol. The maximum Gasteiger partial charge on any atom is 0.191 e. The molecule has 0 aliphatic carbocycles. The number of benzene rings is 1. The van der Waals surface area contributed by atoms with Gasteiger partial charge in [0.25, 0.3) is 0 Å². The third-order valence-corrected chi connectivity index (χ3v) is 9.26. The molecule has 120 valence electrons. The Bertz CT molecular complexity index is 426. The van der Waals surface area contributed by atoms with E-state index in [0.29, 0.717) is 13.2 Å². The van der Waals surface area contributed by atoms with Crippen LogP contribution in [-0.4, -0.2) is 33.2 Å². The fraction of sp³-hybridized carbons (Fsp3) is 0.625. The third kappa shape index (κ3) is 6.26. The lowest BCUT2D eigenvalue weighted by Crippen LogP contribution is -2.42. The average Bonchev–Trinajstić information content (AvgIpc) is 2.39. The van der Waals surface area contributed by atoms with Gasteiger partial charge < -0.3 is 14.3 Å². The Morgan fingerprint density at radius 1 is 1.14 bits per heavy atom. The summed E-state index contributed by atoms with van der Waals surface area (Å²) in [6.07, 6.45) is 0. The van der Waals surface area contributed by atoms with Crippen LogP contribution in [0.5, 0.6) is 5.75 Å². The summed E-state index contributed by atoms with van der Waals surface area (Å²) in [5, 5.41) is 9.69. The van der Waals surface area contributed by atoms with Gasteiger partial charge in [-0.3, -0.25) is 0 Å².